The van der Waals surface area contributed by atoms with Crippen molar-refractivity contribution in [3.05, 3.63) is 16.6 Å². The zero-order valence-corrected chi connectivity index (χ0v) is 9.63. The molecular formula is C10H12N2O3S. The molecule has 1 heterocycles. The highest BCUT2D eigenvalue weighted by Gasteiger charge is 2.45. The maximum absolute atomic E-state index is 11.8. The number of nitrogens with one attached hydrogen (secondary N) is 1. The first-order valence-corrected chi connectivity index (χ1v) is 5.86. The molecule has 2 rings (SSSR count). The lowest BCUT2D eigenvalue weighted by Gasteiger charge is -2.38. The Hall–Kier alpha value is -1.43. The van der Waals surface area contributed by atoms with Crippen LogP contribution in [0.2, 0.25) is 0 Å². The van der Waals surface area contributed by atoms with Crippen molar-refractivity contribution in [2.24, 2.45) is 0 Å². The molecule has 0 saturated heterocycles. The van der Waals surface area contributed by atoms with E-state index < -0.39 is 11.5 Å². The molecule has 1 fully saturated rings. The van der Waals surface area contributed by atoms with Gasteiger partial charge in [0, 0.05) is 5.38 Å². The third-order valence-corrected chi connectivity index (χ3v) is 3.68. The first-order valence-electron chi connectivity index (χ1n) is 5.02. The van der Waals surface area contributed by atoms with Crippen molar-refractivity contribution < 1.29 is 14.7 Å². The van der Waals surface area contributed by atoms with Crippen molar-refractivity contribution in [3.63, 3.8) is 0 Å². The number of amides is 1. The topological polar surface area (TPSA) is 79.3 Å². The van der Waals surface area contributed by atoms with Gasteiger partial charge in [0.1, 0.15) is 5.54 Å². The molecule has 86 valence electrons. The highest BCUT2D eigenvalue weighted by molar-refractivity contribution is 7.03. The van der Waals surface area contributed by atoms with Crippen LogP contribution in [0.25, 0.3) is 0 Å². The Morgan fingerprint density at radius 3 is 2.62 bits per heavy atom. The maximum Gasteiger partial charge on any atom is 0.329 e. The normalized spacial score (nSPS) is 17.6. The molecule has 0 atom stereocenters. The number of carbonyl (C=O) groups is 2. The van der Waals surface area contributed by atoms with E-state index in [1.54, 1.807) is 12.3 Å². The summed E-state index contributed by atoms with van der Waals surface area (Å²) in [5.41, 5.74) is 0.0609. The summed E-state index contributed by atoms with van der Waals surface area (Å²) in [6.45, 7) is 1.74. The minimum atomic E-state index is -1.05. The Kier molecular flexibility index (Phi) is 2.67. The van der Waals surface area contributed by atoms with Gasteiger partial charge in [-0.15, -0.1) is 0 Å². The molecule has 1 aliphatic rings. The van der Waals surface area contributed by atoms with E-state index in [4.69, 9.17) is 5.11 Å². The van der Waals surface area contributed by atoms with E-state index in [1.165, 1.54) is 11.5 Å². The van der Waals surface area contributed by atoms with E-state index in [9.17, 15) is 9.59 Å². The summed E-state index contributed by atoms with van der Waals surface area (Å²) in [5, 5.41) is 13.3. The van der Waals surface area contributed by atoms with Gasteiger partial charge in [0.25, 0.3) is 5.91 Å². The van der Waals surface area contributed by atoms with Gasteiger partial charge in [-0.1, -0.05) is 0 Å². The lowest BCUT2D eigenvalue weighted by Crippen LogP contribution is -2.59. The zero-order chi connectivity index (χ0) is 11.8. The number of aryl methyl sites for hydroxylation is 1. The molecule has 0 aromatic carbocycles. The van der Waals surface area contributed by atoms with E-state index in [0.717, 1.165) is 6.42 Å². The van der Waals surface area contributed by atoms with Crippen molar-refractivity contribution in [2.75, 3.05) is 0 Å². The Balaban J connectivity index is 2.13. The number of carbonyl (C=O) groups excluding carboxylic acids is 1. The highest BCUT2D eigenvalue weighted by Crippen LogP contribution is 2.32. The molecule has 0 spiro atoms. The summed E-state index contributed by atoms with van der Waals surface area (Å²) in [6.07, 6.45) is 1.85. The van der Waals surface area contributed by atoms with Gasteiger partial charge in [-0.05, 0) is 37.7 Å². The third-order valence-electron chi connectivity index (χ3n) is 2.96. The minimum Gasteiger partial charge on any atom is -0.480 e. The molecule has 2 N–H and O–H groups in total. The lowest BCUT2D eigenvalue weighted by atomic mass is 9.76. The number of rotatable bonds is 3. The van der Waals surface area contributed by atoms with Gasteiger partial charge in [-0.3, -0.25) is 4.79 Å². The number of carboxylic acid groups (broad SMARTS) is 1. The molecule has 1 aromatic rings. The van der Waals surface area contributed by atoms with Crippen LogP contribution in [0.15, 0.2) is 5.38 Å². The van der Waals surface area contributed by atoms with Crippen LogP contribution in [0.5, 0.6) is 0 Å². The van der Waals surface area contributed by atoms with E-state index in [2.05, 4.69) is 9.69 Å². The quantitative estimate of drug-likeness (QED) is 0.831. The van der Waals surface area contributed by atoms with Crippen LogP contribution in [-0.4, -0.2) is 26.9 Å². The number of aromatic nitrogens is 1. The van der Waals surface area contributed by atoms with Gasteiger partial charge in [0.05, 0.1) is 11.3 Å². The molecule has 6 heteroatoms. The summed E-state index contributed by atoms with van der Waals surface area (Å²) < 4.78 is 3.99. The third kappa shape index (κ3) is 1.69. The Morgan fingerprint density at radius 2 is 2.25 bits per heavy atom. The van der Waals surface area contributed by atoms with Crippen molar-refractivity contribution in [3.8, 4) is 0 Å². The van der Waals surface area contributed by atoms with Crippen molar-refractivity contribution >= 4 is 23.4 Å². The fraction of sp³-hybridized carbons (Fsp3) is 0.500. The van der Waals surface area contributed by atoms with E-state index in [0.29, 0.717) is 24.1 Å². The van der Waals surface area contributed by atoms with Gasteiger partial charge in [0.15, 0.2) is 0 Å². The predicted octanol–water partition coefficient (Wildman–Crippen LogP) is 1.19. The van der Waals surface area contributed by atoms with Crippen LogP contribution in [0.4, 0.5) is 0 Å². The number of hydrogen-bond acceptors (Lipinski definition) is 4. The second kappa shape index (κ2) is 3.86. The summed E-state index contributed by atoms with van der Waals surface area (Å²) in [7, 11) is 0. The first-order chi connectivity index (χ1) is 7.55. The van der Waals surface area contributed by atoms with Crippen LogP contribution in [0.1, 0.15) is 35.3 Å². The highest BCUT2D eigenvalue weighted by atomic mass is 32.1. The van der Waals surface area contributed by atoms with E-state index >= 15 is 0 Å². The van der Waals surface area contributed by atoms with Gasteiger partial charge in [-0.25, -0.2) is 4.79 Å². The summed E-state index contributed by atoms with van der Waals surface area (Å²) in [5.74, 6) is -1.29. The standard InChI is InChI=1S/C10H12N2O3S/c1-6-7(5-16-12-6)8(13)11-10(9(14)15)3-2-4-10/h5H,2-4H2,1H3,(H,11,13)(H,14,15). The molecule has 0 radical (unpaired) electrons. The van der Waals surface area contributed by atoms with Crippen molar-refractivity contribution in [1.29, 1.82) is 0 Å². The second-order valence-electron chi connectivity index (χ2n) is 4.01. The molecular weight excluding hydrogens is 228 g/mol. The molecule has 1 saturated carbocycles. The Labute approximate surface area is 96.6 Å². The number of hydrogen-bond donors (Lipinski definition) is 2. The molecule has 1 aliphatic carbocycles. The van der Waals surface area contributed by atoms with Gasteiger partial charge in [0.2, 0.25) is 0 Å². The van der Waals surface area contributed by atoms with Crippen molar-refractivity contribution in [1.82, 2.24) is 9.69 Å². The molecule has 1 amide bonds. The molecule has 0 unspecified atom stereocenters. The van der Waals surface area contributed by atoms with E-state index in [-0.39, 0.29) is 5.91 Å². The van der Waals surface area contributed by atoms with Gasteiger partial charge >= 0.3 is 5.97 Å². The summed E-state index contributed by atoms with van der Waals surface area (Å²) >= 11 is 1.20. The number of nitrogens with zero attached hydrogens (tertiary/aromatic N) is 1. The fourth-order valence-electron chi connectivity index (χ4n) is 1.72. The summed E-state index contributed by atoms with van der Waals surface area (Å²) in [4.78, 5) is 22.9. The number of aliphatic carboxylic acids is 1. The average Bonchev–Trinajstić information content (AvgIpc) is 2.57. The molecule has 0 bridgehead atoms. The second-order valence-corrected chi connectivity index (χ2v) is 4.64. The molecule has 16 heavy (non-hydrogen) atoms. The minimum absolute atomic E-state index is 0.339. The Bertz CT molecular complexity index is 437. The zero-order valence-electron chi connectivity index (χ0n) is 8.82. The lowest BCUT2D eigenvalue weighted by molar-refractivity contribution is -0.148. The largest absolute Gasteiger partial charge is 0.480 e. The molecule has 5 nitrogen and oxygen atoms in total. The smallest absolute Gasteiger partial charge is 0.329 e. The van der Waals surface area contributed by atoms with Crippen molar-refractivity contribution in [2.45, 2.75) is 31.7 Å². The van der Waals surface area contributed by atoms with Crippen LogP contribution in [0, 0.1) is 6.92 Å². The monoisotopic (exact) mass is 240 g/mol. The van der Waals surface area contributed by atoms with Gasteiger partial charge in [-0.2, -0.15) is 4.37 Å². The van der Waals surface area contributed by atoms with Crippen LogP contribution >= 0.6 is 11.5 Å². The predicted molar refractivity (Wildman–Crippen MR) is 58.5 cm³/mol. The molecule has 0 aliphatic heterocycles. The maximum atomic E-state index is 11.8. The average molecular weight is 240 g/mol. The van der Waals surface area contributed by atoms with Crippen LogP contribution in [0.3, 0.4) is 0 Å². The first kappa shape index (κ1) is 11.1. The van der Waals surface area contributed by atoms with Crippen LogP contribution < -0.4 is 5.32 Å². The van der Waals surface area contributed by atoms with E-state index in [1.807, 2.05) is 0 Å². The SMILES string of the molecule is Cc1nscc1C(=O)NC1(C(=O)O)CCC1. The summed E-state index contributed by atoms with van der Waals surface area (Å²) in [6, 6.07) is 0. The number of carboxylic acids is 1. The fourth-order valence-corrected chi connectivity index (χ4v) is 2.41. The van der Waals surface area contributed by atoms with Crippen LogP contribution in [-0.2, 0) is 4.79 Å². The molecule has 1 aromatic heterocycles. The Morgan fingerprint density at radius 1 is 1.56 bits per heavy atom. The van der Waals surface area contributed by atoms with Gasteiger partial charge < -0.3 is 10.4 Å².